The van der Waals surface area contributed by atoms with Crippen LogP contribution in [0.4, 0.5) is 5.69 Å². The molecule has 0 saturated heterocycles. The molecule has 0 spiro atoms. The topological polar surface area (TPSA) is 93.0 Å². The zero-order valence-electron chi connectivity index (χ0n) is 17.6. The molecule has 9 heteroatoms. The first-order chi connectivity index (χ1) is 14.7. The first-order valence-electron chi connectivity index (χ1n) is 9.94. The third-order valence-electron chi connectivity index (χ3n) is 5.69. The van der Waals surface area contributed by atoms with Gasteiger partial charge >= 0.3 is 0 Å². The predicted octanol–water partition coefficient (Wildman–Crippen LogP) is 2.33. The van der Waals surface area contributed by atoms with Crippen molar-refractivity contribution >= 4 is 26.4 Å². The number of pyridine rings is 1. The summed E-state index contributed by atoms with van der Waals surface area (Å²) in [6.07, 6.45) is 6.89. The summed E-state index contributed by atoms with van der Waals surface area (Å²) in [5.41, 5.74) is 5.98. The van der Waals surface area contributed by atoms with Crippen molar-refractivity contribution < 1.29 is 8.42 Å². The van der Waals surface area contributed by atoms with E-state index < -0.39 is 9.84 Å². The third-order valence-corrected chi connectivity index (χ3v) is 6.55. The molecule has 0 radical (unpaired) electrons. The Hall–Kier alpha value is -3.33. The van der Waals surface area contributed by atoms with Gasteiger partial charge in [-0.2, -0.15) is 5.10 Å². The van der Waals surface area contributed by atoms with Crippen LogP contribution in [-0.2, 0) is 42.8 Å². The van der Waals surface area contributed by atoms with Gasteiger partial charge in [-0.05, 0) is 29.3 Å². The van der Waals surface area contributed by atoms with E-state index in [-0.39, 0.29) is 11.3 Å². The van der Waals surface area contributed by atoms with Gasteiger partial charge in [0.25, 0.3) is 5.56 Å². The summed E-state index contributed by atoms with van der Waals surface area (Å²) in [7, 11) is 0.443. The maximum absolute atomic E-state index is 12.7. The summed E-state index contributed by atoms with van der Waals surface area (Å²) in [5, 5.41) is 5.42. The summed E-state index contributed by atoms with van der Waals surface area (Å²) < 4.78 is 27.2. The number of H-pyrrole nitrogens is 1. The molecule has 0 unspecified atom stereocenters. The van der Waals surface area contributed by atoms with E-state index in [1.807, 2.05) is 49.9 Å². The molecule has 0 atom stereocenters. The average molecular weight is 438 g/mol. The molecule has 0 bridgehead atoms. The fourth-order valence-electron chi connectivity index (χ4n) is 4.40. The number of aromatic nitrogens is 4. The van der Waals surface area contributed by atoms with Crippen molar-refractivity contribution in [2.24, 2.45) is 14.1 Å². The van der Waals surface area contributed by atoms with Crippen LogP contribution in [0, 0.1) is 0 Å². The number of sulfone groups is 1. The Morgan fingerprint density at radius 3 is 2.68 bits per heavy atom. The molecular weight excluding hydrogens is 414 g/mol. The van der Waals surface area contributed by atoms with Gasteiger partial charge in [-0.1, -0.05) is 6.07 Å². The molecule has 3 aromatic heterocycles. The normalized spacial score (nSPS) is 13.5. The molecule has 8 nitrogen and oxygen atoms in total. The number of nitrogens with zero attached hydrogens (tertiary/aromatic N) is 4. The average Bonchev–Trinajstić information content (AvgIpc) is 3.26. The van der Waals surface area contributed by atoms with Gasteiger partial charge in [-0.25, -0.2) is 8.42 Å². The molecule has 1 aliphatic heterocycles. The lowest BCUT2D eigenvalue weighted by atomic mass is 9.99. The number of rotatable bonds is 4. The Morgan fingerprint density at radius 2 is 1.97 bits per heavy atom. The molecule has 0 saturated carbocycles. The number of hydrogen-bond donors (Lipinski definition) is 1. The van der Waals surface area contributed by atoms with E-state index in [2.05, 4.69) is 15.0 Å². The lowest BCUT2D eigenvalue weighted by molar-refractivity contribution is 0.601. The molecule has 0 fully saturated rings. The molecule has 0 amide bonds. The molecule has 1 aromatic carbocycles. The Morgan fingerprint density at radius 1 is 1.16 bits per heavy atom. The molecule has 1 N–H and O–H groups in total. The van der Waals surface area contributed by atoms with Crippen molar-refractivity contribution in [3.63, 3.8) is 0 Å². The van der Waals surface area contributed by atoms with Crippen molar-refractivity contribution in [1.29, 1.82) is 0 Å². The van der Waals surface area contributed by atoms with Gasteiger partial charge in [0.05, 0.1) is 18.0 Å². The van der Waals surface area contributed by atoms with Crippen LogP contribution < -0.4 is 10.5 Å². The van der Waals surface area contributed by atoms with E-state index in [1.54, 1.807) is 16.3 Å². The maximum Gasteiger partial charge on any atom is 0.274 e. The van der Waals surface area contributed by atoms with Crippen LogP contribution in [0.5, 0.6) is 0 Å². The van der Waals surface area contributed by atoms with Gasteiger partial charge in [0.1, 0.15) is 5.52 Å². The van der Waals surface area contributed by atoms with Crippen LogP contribution >= 0.6 is 0 Å². The highest BCUT2D eigenvalue weighted by atomic mass is 32.2. The van der Waals surface area contributed by atoms with E-state index in [9.17, 15) is 13.2 Å². The number of anilines is 1. The number of aryl methyl sites for hydroxylation is 2. The zero-order valence-corrected chi connectivity index (χ0v) is 18.4. The van der Waals surface area contributed by atoms with Gasteiger partial charge in [-0.15, -0.1) is 0 Å². The molecule has 0 aliphatic carbocycles. The van der Waals surface area contributed by atoms with E-state index >= 15 is 0 Å². The second kappa shape index (κ2) is 6.84. The fourth-order valence-corrected chi connectivity index (χ4v) is 5.19. The van der Waals surface area contributed by atoms with Crippen molar-refractivity contribution in [3.8, 4) is 11.1 Å². The highest BCUT2D eigenvalue weighted by Gasteiger charge is 2.25. The van der Waals surface area contributed by atoms with Crippen LogP contribution in [0.1, 0.15) is 16.8 Å². The van der Waals surface area contributed by atoms with Gasteiger partial charge in [0.15, 0.2) is 9.84 Å². The third kappa shape index (κ3) is 3.44. The smallest absolute Gasteiger partial charge is 0.274 e. The summed E-state index contributed by atoms with van der Waals surface area (Å²) in [4.78, 5) is 18.1. The predicted molar refractivity (Wildman–Crippen MR) is 121 cm³/mol. The van der Waals surface area contributed by atoms with Gasteiger partial charge in [-0.3, -0.25) is 9.48 Å². The zero-order chi connectivity index (χ0) is 21.9. The largest absolute Gasteiger partial charge is 0.361 e. The molecule has 4 aromatic rings. The van der Waals surface area contributed by atoms with Crippen molar-refractivity contribution in [2.75, 3.05) is 11.2 Å². The minimum Gasteiger partial charge on any atom is -0.361 e. The monoisotopic (exact) mass is 437 g/mol. The molecule has 5 rings (SSSR count). The second-order valence-corrected chi connectivity index (χ2v) is 10.4. The second-order valence-electron chi connectivity index (χ2n) is 8.28. The van der Waals surface area contributed by atoms with E-state index in [1.165, 1.54) is 6.26 Å². The van der Waals surface area contributed by atoms with Crippen molar-refractivity contribution in [2.45, 2.75) is 18.8 Å². The van der Waals surface area contributed by atoms with Crippen LogP contribution in [0.3, 0.4) is 0 Å². The number of hydrogen-bond acceptors (Lipinski definition) is 5. The Balaban J connectivity index is 1.75. The number of benzene rings is 1. The summed E-state index contributed by atoms with van der Waals surface area (Å²) in [6.45, 7) is 1.20. The van der Waals surface area contributed by atoms with Crippen LogP contribution in [-0.4, -0.2) is 34.0 Å². The van der Waals surface area contributed by atoms with Gasteiger partial charge < -0.3 is 14.5 Å². The highest BCUT2D eigenvalue weighted by molar-refractivity contribution is 7.89. The quantitative estimate of drug-likeness (QED) is 0.529. The molecule has 4 heterocycles. The SMILES string of the molecule is Cn1ccc(CN2Cc3c[nH]c4c(=O)n(C)cc(c34)-c3cc(CS(C)(=O)=O)ccc32)n1. The first-order valence-corrected chi connectivity index (χ1v) is 12.0. The number of nitrogens with one attached hydrogen (secondary N) is 1. The minimum atomic E-state index is -3.18. The standard InChI is InChI=1S/C22H23N5O3S/c1-25-12-18-17-8-14(13-31(3,29)30)4-5-19(17)27(11-16-6-7-26(2)24-16)10-15-9-23-21(20(15)18)22(25)28/h4-9,12,23H,10-11,13H2,1-3H3. The van der Waals surface area contributed by atoms with Crippen LogP contribution in [0.15, 0.2) is 47.7 Å². The van der Waals surface area contributed by atoms with E-state index in [0.717, 1.165) is 39.0 Å². The first kappa shape index (κ1) is 19.6. The van der Waals surface area contributed by atoms with Crippen molar-refractivity contribution in [1.82, 2.24) is 19.3 Å². The van der Waals surface area contributed by atoms with E-state index in [4.69, 9.17) is 0 Å². The molecule has 160 valence electrons. The number of fused-ring (bicyclic) bond motifs is 2. The van der Waals surface area contributed by atoms with Crippen LogP contribution in [0.2, 0.25) is 0 Å². The molecular formula is C22H23N5O3S. The summed E-state index contributed by atoms with van der Waals surface area (Å²) in [6, 6.07) is 7.76. The Kier molecular flexibility index (Phi) is 4.33. The van der Waals surface area contributed by atoms with Gasteiger partial charge in [0, 0.05) is 67.7 Å². The molecule has 31 heavy (non-hydrogen) atoms. The van der Waals surface area contributed by atoms with Crippen LogP contribution in [0.25, 0.3) is 22.0 Å². The fraction of sp³-hybridized carbons (Fsp3) is 0.273. The lowest BCUT2D eigenvalue weighted by Gasteiger charge is -2.25. The van der Waals surface area contributed by atoms with E-state index in [0.29, 0.717) is 18.6 Å². The number of aromatic amines is 1. The molecule has 1 aliphatic rings. The van der Waals surface area contributed by atoms with Gasteiger partial charge in [0.2, 0.25) is 0 Å². The maximum atomic E-state index is 12.7. The Bertz CT molecular complexity index is 1490. The minimum absolute atomic E-state index is 0.0323. The summed E-state index contributed by atoms with van der Waals surface area (Å²) in [5.74, 6) is -0.0323. The summed E-state index contributed by atoms with van der Waals surface area (Å²) >= 11 is 0. The lowest BCUT2D eigenvalue weighted by Crippen LogP contribution is -2.22. The Labute approximate surface area is 179 Å². The van der Waals surface area contributed by atoms with Crippen molar-refractivity contribution in [3.05, 3.63) is 70.0 Å². The highest BCUT2D eigenvalue weighted by Crippen LogP contribution is 2.41.